The number of hydrogen-bond donors (Lipinski definition) is 1. The minimum Gasteiger partial charge on any atom is -0.497 e. The van der Waals surface area contributed by atoms with Crippen LogP contribution in [0.2, 0.25) is 0 Å². The lowest BCUT2D eigenvalue weighted by atomic mass is 9.99. The van der Waals surface area contributed by atoms with Gasteiger partial charge >= 0.3 is 0 Å². The van der Waals surface area contributed by atoms with E-state index in [0.29, 0.717) is 12.5 Å². The van der Waals surface area contributed by atoms with Gasteiger partial charge in [-0.1, -0.05) is 19.0 Å². The summed E-state index contributed by atoms with van der Waals surface area (Å²) in [7, 11) is 3.52. The average Bonchev–Trinajstić information content (AvgIpc) is 3.24. The van der Waals surface area contributed by atoms with Crippen molar-refractivity contribution in [3.05, 3.63) is 41.8 Å². The second kappa shape index (κ2) is 10.2. The summed E-state index contributed by atoms with van der Waals surface area (Å²) in [4.78, 5) is 9.14. The molecule has 0 bridgehead atoms. The van der Waals surface area contributed by atoms with Crippen LogP contribution < -0.4 is 15.0 Å². The van der Waals surface area contributed by atoms with Gasteiger partial charge in [0.2, 0.25) is 0 Å². The first kappa shape index (κ1) is 21.0. The molecule has 7 nitrogen and oxygen atoms in total. The Labute approximate surface area is 173 Å². The standard InChI is InChI=1S/C22H33N5O2/c1-5-17(6-2)21-15-20(29-25-21)16-24-22(23-3)27-13-11-26(12-14-27)18-7-9-19(28-4)10-8-18/h7-10,15,17H,5-6,11-14,16H2,1-4H3,(H,23,24). The largest absolute Gasteiger partial charge is 0.497 e. The van der Waals surface area contributed by atoms with Gasteiger partial charge in [0.05, 0.1) is 19.3 Å². The first-order valence-corrected chi connectivity index (χ1v) is 10.5. The topological polar surface area (TPSA) is 66.1 Å². The van der Waals surface area contributed by atoms with E-state index in [9.17, 15) is 0 Å². The number of guanidine groups is 1. The summed E-state index contributed by atoms with van der Waals surface area (Å²) < 4.78 is 10.8. The zero-order chi connectivity index (χ0) is 20.6. The smallest absolute Gasteiger partial charge is 0.194 e. The van der Waals surface area contributed by atoms with E-state index < -0.39 is 0 Å². The number of hydrogen-bond acceptors (Lipinski definition) is 5. The Kier molecular flexibility index (Phi) is 7.38. The van der Waals surface area contributed by atoms with Crippen molar-refractivity contribution in [1.82, 2.24) is 15.4 Å². The Hall–Kier alpha value is -2.70. The van der Waals surface area contributed by atoms with E-state index in [4.69, 9.17) is 9.26 Å². The molecule has 0 unspecified atom stereocenters. The van der Waals surface area contributed by atoms with Crippen molar-refractivity contribution in [3.8, 4) is 5.75 Å². The zero-order valence-electron chi connectivity index (χ0n) is 18.0. The number of nitrogens with one attached hydrogen (secondary N) is 1. The number of nitrogens with zero attached hydrogens (tertiary/aromatic N) is 4. The lowest BCUT2D eigenvalue weighted by Crippen LogP contribution is -2.52. The molecule has 0 spiro atoms. The van der Waals surface area contributed by atoms with Gasteiger partial charge in [-0.05, 0) is 37.1 Å². The molecule has 0 saturated carbocycles. The molecule has 1 fully saturated rings. The van der Waals surface area contributed by atoms with E-state index in [-0.39, 0.29) is 0 Å². The summed E-state index contributed by atoms with van der Waals surface area (Å²) in [5.74, 6) is 3.11. The lowest BCUT2D eigenvalue weighted by Gasteiger charge is -2.37. The highest BCUT2D eigenvalue weighted by Crippen LogP contribution is 2.23. The van der Waals surface area contributed by atoms with Crippen molar-refractivity contribution in [1.29, 1.82) is 0 Å². The second-order valence-corrected chi connectivity index (χ2v) is 7.30. The Morgan fingerprint density at radius 1 is 1.17 bits per heavy atom. The third kappa shape index (κ3) is 5.22. The van der Waals surface area contributed by atoms with Gasteiger partial charge in [0.1, 0.15) is 5.75 Å². The highest BCUT2D eigenvalue weighted by Gasteiger charge is 2.20. The Morgan fingerprint density at radius 3 is 2.45 bits per heavy atom. The molecular weight excluding hydrogens is 366 g/mol. The van der Waals surface area contributed by atoms with E-state index in [0.717, 1.165) is 62.2 Å². The first-order chi connectivity index (χ1) is 14.2. The van der Waals surface area contributed by atoms with E-state index in [1.807, 2.05) is 19.2 Å². The number of aromatic nitrogens is 1. The predicted octanol–water partition coefficient (Wildman–Crippen LogP) is 3.48. The molecule has 0 amide bonds. The van der Waals surface area contributed by atoms with Gasteiger partial charge in [-0.2, -0.15) is 0 Å². The number of ether oxygens (including phenoxy) is 1. The molecule has 1 aliphatic heterocycles. The first-order valence-electron chi connectivity index (χ1n) is 10.5. The van der Waals surface area contributed by atoms with Gasteiger partial charge in [-0.3, -0.25) is 4.99 Å². The van der Waals surface area contributed by atoms with Crippen LogP contribution in [0.25, 0.3) is 0 Å². The van der Waals surface area contributed by atoms with Crippen molar-refractivity contribution < 1.29 is 9.26 Å². The minimum absolute atomic E-state index is 0.470. The summed E-state index contributed by atoms with van der Waals surface area (Å²) in [5, 5.41) is 7.67. The number of benzene rings is 1. The van der Waals surface area contributed by atoms with Gasteiger partial charge in [0.25, 0.3) is 0 Å². The SMILES string of the molecule is CCC(CC)c1cc(CNC(=NC)N2CCN(c3ccc(OC)cc3)CC2)on1. The van der Waals surface area contributed by atoms with Crippen molar-refractivity contribution in [2.24, 2.45) is 4.99 Å². The summed E-state index contributed by atoms with van der Waals surface area (Å²) in [5.41, 5.74) is 2.28. The molecule has 158 valence electrons. The maximum Gasteiger partial charge on any atom is 0.194 e. The number of aliphatic imine (C=N–C) groups is 1. The Morgan fingerprint density at radius 2 is 1.86 bits per heavy atom. The molecule has 29 heavy (non-hydrogen) atoms. The molecule has 1 aliphatic rings. The molecule has 7 heteroatoms. The molecule has 2 aromatic rings. The number of methoxy groups -OCH3 is 1. The summed E-state index contributed by atoms with van der Waals surface area (Å²) >= 11 is 0. The third-order valence-corrected chi connectivity index (χ3v) is 5.63. The summed E-state index contributed by atoms with van der Waals surface area (Å²) in [6.07, 6.45) is 2.16. The van der Waals surface area contributed by atoms with E-state index in [1.54, 1.807) is 7.11 Å². The molecule has 1 saturated heterocycles. The third-order valence-electron chi connectivity index (χ3n) is 5.63. The van der Waals surface area contributed by atoms with E-state index in [1.165, 1.54) is 5.69 Å². The fourth-order valence-corrected chi connectivity index (χ4v) is 3.78. The second-order valence-electron chi connectivity index (χ2n) is 7.30. The Bertz CT molecular complexity index is 775. The predicted molar refractivity (Wildman–Crippen MR) is 117 cm³/mol. The Balaban J connectivity index is 1.51. The van der Waals surface area contributed by atoms with Gasteiger partial charge in [0.15, 0.2) is 11.7 Å². The summed E-state index contributed by atoms with van der Waals surface area (Å²) in [6, 6.07) is 10.3. The highest BCUT2D eigenvalue weighted by atomic mass is 16.5. The van der Waals surface area contributed by atoms with Crippen LogP contribution >= 0.6 is 0 Å². The fourth-order valence-electron chi connectivity index (χ4n) is 3.78. The van der Waals surface area contributed by atoms with Gasteiger partial charge in [0, 0.05) is 50.9 Å². The van der Waals surface area contributed by atoms with Crippen LogP contribution in [0.4, 0.5) is 5.69 Å². The van der Waals surface area contributed by atoms with Crippen molar-refractivity contribution in [2.75, 3.05) is 45.2 Å². The zero-order valence-corrected chi connectivity index (χ0v) is 18.0. The van der Waals surface area contributed by atoms with Crippen molar-refractivity contribution >= 4 is 11.6 Å². The molecule has 1 N–H and O–H groups in total. The number of anilines is 1. The molecule has 2 heterocycles. The molecule has 3 rings (SSSR count). The summed E-state index contributed by atoms with van der Waals surface area (Å²) in [6.45, 7) is 8.71. The van der Waals surface area contributed by atoms with Crippen LogP contribution in [0.3, 0.4) is 0 Å². The molecular formula is C22H33N5O2. The van der Waals surface area contributed by atoms with Crippen LogP contribution in [-0.4, -0.2) is 56.4 Å². The van der Waals surface area contributed by atoms with E-state index in [2.05, 4.69) is 57.3 Å². The molecule has 1 aromatic carbocycles. The monoisotopic (exact) mass is 399 g/mol. The normalized spacial score (nSPS) is 15.1. The number of rotatable bonds is 7. The van der Waals surface area contributed by atoms with Crippen molar-refractivity contribution in [2.45, 2.75) is 39.2 Å². The van der Waals surface area contributed by atoms with Gasteiger partial charge in [-0.25, -0.2) is 0 Å². The maximum absolute atomic E-state index is 5.52. The van der Waals surface area contributed by atoms with Crippen LogP contribution in [0, 0.1) is 0 Å². The van der Waals surface area contributed by atoms with Gasteiger partial charge < -0.3 is 24.4 Å². The van der Waals surface area contributed by atoms with E-state index >= 15 is 0 Å². The number of piperazine rings is 1. The fraction of sp³-hybridized carbons (Fsp3) is 0.545. The average molecular weight is 400 g/mol. The molecule has 0 radical (unpaired) electrons. The van der Waals surface area contributed by atoms with Gasteiger partial charge in [-0.15, -0.1) is 0 Å². The lowest BCUT2D eigenvalue weighted by molar-refractivity contribution is 0.353. The highest BCUT2D eigenvalue weighted by molar-refractivity contribution is 5.80. The van der Waals surface area contributed by atoms with Crippen LogP contribution in [0.5, 0.6) is 5.75 Å². The minimum atomic E-state index is 0.470. The van der Waals surface area contributed by atoms with Crippen LogP contribution in [-0.2, 0) is 6.54 Å². The van der Waals surface area contributed by atoms with Crippen LogP contribution in [0.1, 0.15) is 44.1 Å². The molecule has 0 atom stereocenters. The maximum atomic E-state index is 5.52. The molecule has 1 aromatic heterocycles. The van der Waals surface area contributed by atoms with Crippen LogP contribution in [0.15, 0.2) is 39.8 Å². The van der Waals surface area contributed by atoms with Crippen molar-refractivity contribution in [3.63, 3.8) is 0 Å². The molecule has 0 aliphatic carbocycles. The quantitative estimate of drug-likeness (QED) is 0.568.